The van der Waals surface area contributed by atoms with Crippen LogP contribution < -0.4 is 16.0 Å². The molecule has 1 aliphatic carbocycles. The number of guanidine groups is 1. The van der Waals surface area contributed by atoms with Crippen LogP contribution in [0, 0.1) is 11.3 Å². The number of hydrogen-bond donors (Lipinski definition) is 3. The van der Waals surface area contributed by atoms with Crippen LogP contribution in [-0.2, 0) is 9.53 Å². The molecule has 0 aromatic rings. The Hall–Kier alpha value is -0.570. The van der Waals surface area contributed by atoms with E-state index in [4.69, 9.17) is 4.74 Å². The first-order valence-electron chi connectivity index (χ1n) is 9.33. The molecule has 25 heavy (non-hydrogen) atoms. The Morgan fingerprint density at radius 2 is 1.80 bits per heavy atom. The van der Waals surface area contributed by atoms with E-state index in [1.807, 2.05) is 20.8 Å². The fraction of sp³-hybridized carbons (Fsp3) is 0.889. The predicted octanol–water partition coefficient (Wildman–Crippen LogP) is 2.53. The van der Waals surface area contributed by atoms with Gasteiger partial charge in [-0.1, -0.05) is 26.7 Å². The van der Waals surface area contributed by atoms with Crippen LogP contribution >= 0.6 is 24.0 Å². The zero-order chi connectivity index (χ0) is 17.8. The summed E-state index contributed by atoms with van der Waals surface area (Å²) in [5.41, 5.74) is 0.332. The van der Waals surface area contributed by atoms with Crippen LogP contribution in [0.15, 0.2) is 4.99 Å². The molecule has 0 saturated heterocycles. The highest BCUT2D eigenvalue weighted by Gasteiger charge is 2.33. The summed E-state index contributed by atoms with van der Waals surface area (Å²) < 4.78 is 5.56. The summed E-state index contributed by atoms with van der Waals surface area (Å²) in [5.74, 6) is 0.909. The van der Waals surface area contributed by atoms with E-state index in [-0.39, 0.29) is 35.8 Å². The molecule has 1 fully saturated rings. The number of halogens is 1. The van der Waals surface area contributed by atoms with Crippen LogP contribution in [0.1, 0.15) is 52.9 Å². The molecule has 0 radical (unpaired) electrons. The van der Waals surface area contributed by atoms with Gasteiger partial charge in [-0.2, -0.15) is 0 Å². The summed E-state index contributed by atoms with van der Waals surface area (Å²) in [5, 5.41) is 9.63. The van der Waals surface area contributed by atoms with Crippen molar-refractivity contribution in [3.8, 4) is 0 Å². The Morgan fingerprint density at radius 3 is 2.36 bits per heavy atom. The molecule has 1 aliphatic rings. The summed E-state index contributed by atoms with van der Waals surface area (Å²) in [6.07, 6.45) is 6.24. The molecule has 3 N–H and O–H groups in total. The minimum Gasteiger partial charge on any atom is -0.382 e. The predicted molar refractivity (Wildman–Crippen MR) is 115 cm³/mol. The molecule has 0 spiro atoms. The smallest absolute Gasteiger partial charge is 0.222 e. The number of aliphatic imine (C=N–C) groups is 1. The number of amides is 1. The average Bonchev–Trinajstić information content (AvgIpc) is 3.03. The highest BCUT2D eigenvalue weighted by atomic mass is 127. The number of carbonyl (C=O) groups excluding carboxylic acids is 1. The van der Waals surface area contributed by atoms with Gasteiger partial charge in [0.1, 0.15) is 0 Å². The molecule has 0 bridgehead atoms. The van der Waals surface area contributed by atoms with E-state index in [0.717, 1.165) is 32.1 Å². The molecule has 1 amide bonds. The van der Waals surface area contributed by atoms with Crippen molar-refractivity contribution in [1.82, 2.24) is 16.0 Å². The third kappa shape index (κ3) is 9.63. The zero-order valence-electron chi connectivity index (χ0n) is 16.3. The lowest BCUT2D eigenvalue weighted by molar-refractivity contribution is -0.123. The van der Waals surface area contributed by atoms with Crippen molar-refractivity contribution in [3.05, 3.63) is 0 Å². The Balaban J connectivity index is 0.00000576. The normalized spacial score (nSPS) is 16.4. The lowest BCUT2D eigenvalue weighted by atomic mass is 9.83. The van der Waals surface area contributed by atoms with Crippen molar-refractivity contribution in [3.63, 3.8) is 0 Å². The van der Waals surface area contributed by atoms with Gasteiger partial charge >= 0.3 is 0 Å². The van der Waals surface area contributed by atoms with Crippen molar-refractivity contribution in [2.75, 3.05) is 39.9 Å². The maximum absolute atomic E-state index is 11.5. The largest absolute Gasteiger partial charge is 0.382 e. The highest BCUT2D eigenvalue weighted by molar-refractivity contribution is 14.0. The van der Waals surface area contributed by atoms with Gasteiger partial charge in [0, 0.05) is 45.8 Å². The van der Waals surface area contributed by atoms with E-state index in [1.54, 1.807) is 7.05 Å². The maximum atomic E-state index is 11.5. The minimum atomic E-state index is 0. The second kappa shape index (κ2) is 13.6. The van der Waals surface area contributed by atoms with Gasteiger partial charge in [-0.25, -0.2) is 0 Å². The first-order valence-corrected chi connectivity index (χ1v) is 9.33. The first kappa shape index (κ1) is 24.4. The van der Waals surface area contributed by atoms with Crippen LogP contribution in [0.3, 0.4) is 0 Å². The second-order valence-corrected chi connectivity index (χ2v) is 6.95. The van der Waals surface area contributed by atoms with E-state index in [0.29, 0.717) is 18.5 Å². The van der Waals surface area contributed by atoms with Gasteiger partial charge in [-0.3, -0.25) is 9.79 Å². The molecule has 6 nitrogen and oxygen atoms in total. The van der Waals surface area contributed by atoms with Crippen LogP contribution in [-0.4, -0.2) is 51.8 Å². The van der Waals surface area contributed by atoms with Crippen LogP contribution in [0.2, 0.25) is 0 Å². The number of rotatable bonds is 10. The van der Waals surface area contributed by atoms with E-state index in [2.05, 4.69) is 20.9 Å². The number of ether oxygens (including phenoxy) is 1. The molecule has 0 aromatic heterocycles. The fourth-order valence-corrected chi connectivity index (χ4v) is 3.14. The van der Waals surface area contributed by atoms with E-state index < -0.39 is 0 Å². The van der Waals surface area contributed by atoms with Crippen molar-refractivity contribution in [1.29, 1.82) is 0 Å². The zero-order valence-corrected chi connectivity index (χ0v) is 18.7. The number of nitrogens with one attached hydrogen (secondary N) is 3. The lowest BCUT2D eigenvalue weighted by Crippen LogP contribution is -2.45. The monoisotopic (exact) mass is 468 g/mol. The first-order chi connectivity index (χ1) is 11.5. The Kier molecular flexibility index (Phi) is 13.3. The highest BCUT2D eigenvalue weighted by Crippen LogP contribution is 2.40. The molecule has 0 aliphatic heterocycles. The quantitative estimate of drug-likeness (QED) is 0.199. The van der Waals surface area contributed by atoms with Crippen LogP contribution in [0.5, 0.6) is 0 Å². The summed E-state index contributed by atoms with van der Waals surface area (Å²) in [6, 6.07) is 0. The molecule has 0 atom stereocenters. The van der Waals surface area contributed by atoms with Crippen molar-refractivity contribution in [2.45, 2.75) is 52.9 Å². The van der Waals surface area contributed by atoms with Gasteiger partial charge in [0.25, 0.3) is 0 Å². The van der Waals surface area contributed by atoms with Crippen molar-refractivity contribution >= 4 is 35.8 Å². The number of hydrogen-bond acceptors (Lipinski definition) is 3. The van der Waals surface area contributed by atoms with E-state index >= 15 is 0 Å². The second-order valence-electron chi connectivity index (χ2n) is 6.95. The maximum Gasteiger partial charge on any atom is 0.222 e. The summed E-state index contributed by atoms with van der Waals surface area (Å²) in [7, 11) is 1.78. The molecule has 1 saturated carbocycles. The van der Waals surface area contributed by atoms with Gasteiger partial charge in [0.2, 0.25) is 5.91 Å². The van der Waals surface area contributed by atoms with Gasteiger partial charge in [0.05, 0.1) is 0 Å². The molecule has 0 unspecified atom stereocenters. The lowest BCUT2D eigenvalue weighted by Gasteiger charge is -2.30. The third-order valence-corrected chi connectivity index (χ3v) is 4.74. The summed E-state index contributed by atoms with van der Waals surface area (Å²) in [4.78, 5) is 15.8. The van der Waals surface area contributed by atoms with Gasteiger partial charge < -0.3 is 20.7 Å². The topological polar surface area (TPSA) is 74.8 Å². The standard InChI is InChI=1S/C18H36N4O2.HI/c1-5-24-13-10-18(8-6-7-9-18)14-22-17(19-4)21-12-11-20-16(23)15(2)3;/h15H,5-14H2,1-4H3,(H,20,23)(H2,19,21,22);1H. The molecular weight excluding hydrogens is 431 g/mol. The third-order valence-electron chi connectivity index (χ3n) is 4.74. The Labute approximate surface area is 170 Å². The molecule has 0 aromatic carbocycles. The number of nitrogens with zero attached hydrogens (tertiary/aromatic N) is 1. The van der Waals surface area contributed by atoms with E-state index in [9.17, 15) is 4.79 Å². The molecule has 1 rings (SSSR count). The Bertz CT molecular complexity index is 397. The average molecular weight is 468 g/mol. The van der Waals surface area contributed by atoms with Gasteiger partial charge in [0.15, 0.2) is 5.96 Å². The molecule has 7 heteroatoms. The van der Waals surface area contributed by atoms with E-state index in [1.165, 1.54) is 25.7 Å². The Morgan fingerprint density at radius 1 is 1.16 bits per heavy atom. The van der Waals surface area contributed by atoms with Crippen LogP contribution in [0.25, 0.3) is 0 Å². The molecule has 148 valence electrons. The fourth-order valence-electron chi connectivity index (χ4n) is 3.14. The molecular formula is C18H37IN4O2. The summed E-state index contributed by atoms with van der Waals surface area (Å²) in [6.45, 7) is 9.66. The van der Waals surface area contributed by atoms with Crippen molar-refractivity contribution < 1.29 is 9.53 Å². The minimum absolute atomic E-state index is 0. The number of carbonyl (C=O) groups is 1. The SMILES string of the molecule is CCOCCC1(CNC(=NC)NCCNC(=O)C(C)C)CCCC1.I. The van der Waals surface area contributed by atoms with Gasteiger partial charge in [-0.15, -0.1) is 24.0 Å². The van der Waals surface area contributed by atoms with Gasteiger partial charge in [-0.05, 0) is 31.6 Å². The van der Waals surface area contributed by atoms with Crippen molar-refractivity contribution in [2.24, 2.45) is 16.3 Å². The summed E-state index contributed by atoms with van der Waals surface area (Å²) >= 11 is 0. The molecule has 0 heterocycles. The van der Waals surface area contributed by atoms with Crippen LogP contribution in [0.4, 0.5) is 0 Å².